The lowest BCUT2D eigenvalue weighted by Gasteiger charge is -2.44. The Hall–Kier alpha value is -0.820. The Morgan fingerprint density at radius 2 is 2.29 bits per heavy atom. The fourth-order valence-corrected chi connectivity index (χ4v) is 3.69. The van der Waals surface area contributed by atoms with Gasteiger partial charge in [-0.3, -0.25) is 0 Å². The van der Waals surface area contributed by atoms with Crippen LogP contribution in [0.2, 0.25) is 0 Å². The number of aliphatic hydroxyl groups excluding tert-OH is 1. The number of hydrogen-bond donors (Lipinski definition) is 2. The summed E-state index contributed by atoms with van der Waals surface area (Å²) in [6.45, 7) is 5.43. The molecule has 6 heteroatoms. The van der Waals surface area contributed by atoms with E-state index < -0.39 is 0 Å². The van der Waals surface area contributed by atoms with Gasteiger partial charge >= 0.3 is 0 Å². The Kier molecular flexibility index (Phi) is 5.14. The first-order chi connectivity index (χ1) is 9.88. The number of thioether (sulfide) groups is 1. The second kappa shape index (κ2) is 6.52. The molecule has 1 fully saturated rings. The van der Waals surface area contributed by atoms with Crippen LogP contribution in [0.3, 0.4) is 0 Å². The molecule has 1 aliphatic rings. The largest absolute Gasteiger partial charge is 0.394 e. The predicted octanol–water partition coefficient (Wildman–Crippen LogP) is 2.02. The number of benzene rings is 1. The highest BCUT2D eigenvalue weighted by atomic mass is 32.2. The minimum atomic E-state index is -0.325. The second-order valence-electron chi connectivity index (χ2n) is 5.78. The van der Waals surface area contributed by atoms with Gasteiger partial charge in [-0.15, -0.1) is 11.8 Å². The number of ether oxygens (including phenoxy) is 1. The third-order valence-electron chi connectivity index (χ3n) is 3.50. The van der Waals surface area contributed by atoms with Crippen molar-refractivity contribution < 1.29 is 9.84 Å². The van der Waals surface area contributed by atoms with Crippen LogP contribution in [0, 0.1) is 0 Å². The average Bonchev–Trinajstić information content (AvgIpc) is 2.44. The number of thiocarbonyl (C=S) groups is 1. The topological polar surface area (TPSA) is 58.7 Å². The highest BCUT2D eigenvalue weighted by Crippen LogP contribution is 2.33. The van der Waals surface area contributed by atoms with Crippen molar-refractivity contribution in [1.82, 2.24) is 0 Å². The average molecular weight is 326 g/mol. The summed E-state index contributed by atoms with van der Waals surface area (Å²) in [5.74, 6) is 0. The maximum atomic E-state index is 9.46. The minimum absolute atomic E-state index is 0.00452. The van der Waals surface area contributed by atoms with Crippen molar-refractivity contribution in [2.45, 2.75) is 30.4 Å². The smallest absolute Gasteiger partial charge is 0.107 e. The molecule has 1 saturated heterocycles. The standard InChI is InChI=1S/C15H22N2O2S2/c1-15(2)9-17(7-10(8-18)19-15)11-5-4-6-12(21-3)13(11)14(16)20/h4-6,10,18H,7-9H2,1-3H3,(H2,16,20). The summed E-state index contributed by atoms with van der Waals surface area (Å²) in [5, 5.41) is 9.46. The third kappa shape index (κ3) is 3.69. The van der Waals surface area contributed by atoms with Gasteiger partial charge in [-0.05, 0) is 32.2 Å². The molecule has 0 aliphatic carbocycles. The molecule has 1 aromatic rings. The van der Waals surface area contributed by atoms with Crippen molar-refractivity contribution in [3.8, 4) is 0 Å². The number of nitrogens with zero attached hydrogens (tertiary/aromatic N) is 1. The monoisotopic (exact) mass is 326 g/mol. The van der Waals surface area contributed by atoms with E-state index in [-0.39, 0.29) is 18.3 Å². The number of hydrogen-bond acceptors (Lipinski definition) is 5. The molecule has 4 nitrogen and oxygen atoms in total. The summed E-state index contributed by atoms with van der Waals surface area (Å²) in [5.41, 5.74) is 7.55. The van der Waals surface area contributed by atoms with Crippen LogP contribution >= 0.6 is 24.0 Å². The molecular weight excluding hydrogens is 304 g/mol. The highest BCUT2D eigenvalue weighted by Gasteiger charge is 2.34. The maximum Gasteiger partial charge on any atom is 0.107 e. The zero-order valence-electron chi connectivity index (χ0n) is 12.6. The highest BCUT2D eigenvalue weighted by molar-refractivity contribution is 7.98. The molecular formula is C15H22N2O2S2. The Bertz CT molecular complexity index is 534. The van der Waals surface area contributed by atoms with Crippen LogP contribution in [0.1, 0.15) is 19.4 Å². The zero-order valence-corrected chi connectivity index (χ0v) is 14.3. The molecule has 116 valence electrons. The van der Waals surface area contributed by atoms with Gasteiger partial charge in [-0.1, -0.05) is 18.3 Å². The van der Waals surface area contributed by atoms with E-state index in [9.17, 15) is 5.11 Å². The molecule has 1 unspecified atom stereocenters. The van der Waals surface area contributed by atoms with Crippen LogP contribution in [0.4, 0.5) is 5.69 Å². The Morgan fingerprint density at radius 3 is 2.86 bits per heavy atom. The van der Waals surface area contributed by atoms with Crippen molar-refractivity contribution in [3.63, 3.8) is 0 Å². The van der Waals surface area contributed by atoms with Gasteiger partial charge in [0.25, 0.3) is 0 Å². The molecule has 1 heterocycles. The molecule has 0 amide bonds. The second-order valence-corrected chi connectivity index (χ2v) is 7.07. The predicted molar refractivity (Wildman–Crippen MR) is 92.4 cm³/mol. The molecule has 1 aliphatic heterocycles. The molecule has 0 aromatic heterocycles. The van der Waals surface area contributed by atoms with Crippen LogP contribution < -0.4 is 10.6 Å². The Labute approximate surface area is 135 Å². The van der Waals surface area contributed by atoms with Crippen molar-refractivity contribution in [3.05, 3.63) is 23.8 Å². The number of aliphatic hydroxyl groups is 1. The summed E-state index contributed by atoms with van der Waals surface area (Å²) in [6, 6.07) is 6.07. The lowest BCUT2D eigenvalue weighted by atomic mass is 10.0. The van der Waals surface area contributed by atoms with Gasteiger partial charge in [-0.25, -0.2) is 0 Å². The van der Waals surface area contributed by atoms with Gasteiger partial charge < -0.3 is 20.5 Å². The van der Waals surface area contributed by atoms with Crippen molar-refractivity contribution in [2.24, 2.45) is 5.73 Å². The van der Waals surface area contributed by atoms with Gasteiger partial charge in [-0.2, -0.15) is 0 Å². The molecule has 1 aromatic carbocycles. The van der Waals surface area contributed by atoms with Crippen molar-refractivity contribution >= 4 is 34.7 Å². The molecule has 1 atom stereocenters. The van der Waals surface area contributed by atoms with Gasteiger partial charge in [0.1, 0.15) is 4.99 Å². The van der Waals surface area contributed by atoms with E-state index in [1.54, 1.807) is 11.8 Å². The summed E-state index contributed by atoms with van der Waals surface area (Å²) < 4.78 is 5.87. The zero-order chi connectivity index (χ0) is 15.6. The quantitative estimate of drug-likeness (QED) is 0.652. The normalized spacial score (nSPS) is 21.3. The van der Waals surface area contributed by atoms with Gasteiger partial charge in [0.15, 0.2) is 0 Å². The van der Waals surface area contributed by atoms with Crippen LogP contribution in [0.25, 0.3) is 0 Å². The summed E-state index contributed by atoms with van der Waals surface area (Å²) in [7, 11) is 0. The van der Waals surface area contributed by atoms with E-state index in [4.69, 9.17) is 22.7 Å². The summed E-state index contributed by atoms with van der Waals surface area (Å²) in [4.78, 5) is 3.68. The van der Waals surface area contributed by atoms with Crippen LogP contribution in [0.5, 0.6) is 0 Å². The van der Waals surface area contributed by atoms with E-state index in [1.807, 2.05) is 38.3 Å². The fourth-order valence-electron chi connectivity index (χ4n) is 2.78. The van der Waals surface area contributed by atoms with Gasteiger partial charge in [0.2, 0.25) is 0 Å². The third-order valence-corrected chi connectivity index (χ3v) is 4.48. The van der Waals surface area contributed by atoms with Crippen LogP contribution in [0.15, 0.2) is 23.1 Å². The molecule has 3 N–H and O–H groups in total. The first-order valence-electron chi connectivity index (χ1n) is 6.88. The fraction of sp³-hybridized carbons (Fsp3) is 0.533. The molecule has 0 spiro atoms. The first kappa shape index (κ1) is 16.5. The minimum Gasteiger partial charge on any atom is -0.394 e. The molecule has 0 radical (unpaired) electrons. The van der Waals surface area contributed by atoms with Crippen molar-refractivity contribution in [1.29, 1.82) is 0 Å². The van der Waals surface area contributed by atoms with E-state index in [0.29, 0.717) is 11.5 Å². The summed E-state index contributed by atoms with van der Waals surface area (Å²) >= 11 is 6.88. The number of anilines is 1. The van der Waals surface area contributed by atoms with Crippen LogP contribution in [-0.2, 0) is 4.74 Å². The van der Waals surface area contributed by atoms with E-state index in [0.717, 1.165) is 22.7 Å². The lowest BCUT2D eigenvalue weighted by Crippen LogP contribution is -2.54. The SMILES string of the molecule is CSc1cccc(N2CC(CO)OC(C)(C)C2)c1C(N)=S. The molecule has 2 rings (SSSR count). The van der Waals surface area contributed by atoms with E-state index >= 15 is 0 Å². The lowest BCUT2D eigenvalue weighted by molar-refractivity contribution is -0.101. The first-order valence-corrected chi connectivity index (χ1v) is 8.51. The number of rotatable bonds is 4. The van der Waals surface area contributed by atoms with E-state index in [1.165, 1.54) is 0 Å². The van der Waals surface area contributed by atoms with Crippen LogP contribution in [-0.4, -0.2) is 47.8 Å². The van der Waals surface area contributed by atoms with Gasteiger partial charge in [0, 0.05) is 29.2 Å². The molecule has 0 saturated carbocycles. The maximum absolute atomic E-state index is 9.46. The Balaban J connectivity index is 2.43. The van der Waals surface area contributed by atoms with Gasteiger partial charge in [0.05, 0.1) is 18.3 Å². The molecule has 21 heavy (non-hydrogen) atoms. The number of nitrogens with two attached hydrogens (primary N) is 1. The molecule has 0 bridgehead atoms. The Morgan fingerprint density at radius 1 is 1.57 bits per heavy atom. The summed E-state index contributed by atoms with van der Waals surface area (Å²) in [6.07, 6.45) is 1.81. The van der Waals surface area contributed by atoms with Crippen molar-refractivity contribution in [2.75, 3.05) is 30.9 Å². The number of morpholine rings is 1. The van der Waals surface area contributed by atoms with E-state index in [2.05, 4.69) is 4.90 Å².